The normalized spacial score (nSPS) is 18.6. The van der Waals surface area contributed by atoms with Gasteiger partial charge in [-0.25, -0.2) is 4.57 Å². The maximum atomic E-state index is 14.2. The Balaban J connectivity index is 1.85. The number of hydrogen-bond acceptors (Lipinski definition) is 16. The zero-order chi connectivity index (χ0) is 52.6. The number of aliphatic hydroxyl groups is 2. The number of nitrogens with zero attached hydrogens (tertiary/aromatic N) is 2. The number of carboxylic acids is 3. The second kappa shape index (κ2) is 26.3. The number of likely N-dealkylation sites (tertiary alicyclic amines) is 2. The van der Waals surface area contributed by atoms with Crippen molar-refractivity contribution in [1.29, 1.82) is 0 Å². The molecule has 3 rings (SSSR count). The molecule has 0 aliphatic carbocycles. The smallest absolute Gasteiger partial charge is 0.481 e. The van der Waals surface area contributed by atoms with Crippen LogP contribution in [0.15, 0.2) is 24.3 Å². The SMILES string of the molecule is C[C@H](NC(=O)[C@@H]1CCCN1C(=O)[C@H](CCC(=O)O)NC(=O)[C@@H]1CCCN1C(=O)[C@@H](NC(=O)[C@H](Cc1ccc(OP(=O)(O)O)cc1)NC(=O)CNC(=O)[C@H](CC(=O)O)NC(=O)[C@@H](N)CO)[C@@H](C)O)C(=O)O. The lowest BCUT2D eigenvalue weighted by Gasteiger charge is -2.33. The van der Waals surface area contributed by atoms with Gasteiger partial charge in [-0.15, -0.1) is 0 Å². The van der Waals surface area contributed by atoms with Crippen LogP contribution in [0.25, 0.3) is 0 Å². The van der Waals surface area contributed by atoms with Crippen LogP contribution < -0.4 is 42.2 Å². The number of carboxylic acid groups (broad SMARTS) is 3. The predicted octanol–water partition coefficient (Wildman–Crippen LogP) is -5.63. The van der Waals surface area contributed by atoms with Gasteiger partial charge in [-0.2, -0.15) is 0 Å². The summed E-state index contributed by atoms with van der Waals surface area (Å²) in [5.74, 6) is -12.6. The van der Waals surface area contributed by atoms with Crippen molar-refractivity contribution in [3.63, 3.8) is 0 Å². The fourth-order valence-electron chi connectivity index (χ4n) is 7.34. The van der Waals surface area contributed by atoms with Crippen LogP contribution in [0.3, 0.4) is 0 Å². The number of benzene rings is 1. The predicted molar refractivity (Wildman–Crippen MR) is 234 cm³/mol. The second-order valence-electron chi connectivity index (χ2n) is 16.4. The molecule has 388 valence electrons. The van der Waals surface area contributed by atoms with Gasteiger partial charge < -0.3 is 77.5 Å². The Morgan fingerprint density at radius 2 is 1.31 bits per heavy atom. The first-order valence-electron chi connectivity index (χ1n) is 21.7. The van der Waals surface area contributed by atoms with E-state index in [4.69, 9.17) is 20.6 Å². The molecule has 0 bridgehead atoms. The van der Waals surface area contributed by atoms with E-state index < -0.39 is 166 Å². The van der Waals surface area contributed by atoms with Crippen molar-refractivity contribution in [2.24, 2.45) is 5.73 Å². The number of carbonyl (C=O) groups is 11. The number of phosphoric ester groups is 1. The third-order valence-corrected chi connectivity index (χ3v) is 11.4. The van der Waals surface area contributed by atoms with E-state index in [1.54, 1.807) is 0 Å². The van der Waals surface area contributed by atoms with Crippen LogP contribution >= 0.6 is 7.82 Å². The Morgan fingerprint density at radius 3 is 1.83 bits per heavy atom. The minimum atomic E-state index is -4.98. The molecule has 1 aromatic carbocycles. The minimum absolute atomic E-state index is 0.00289. The van der Waals surface area contributed by atoms with Crippen molar-refractivity contribution in [2.45, 2.75) is 120 Å². The van der Waals surface area contributed by atoms with E-state index in [0.717, 1.165) is 28.9 Å². The fraction of sp³-hybridized carbons (Fsp3) is 0.575. The maximum absolute atomic E-state index is 14.2. The summed E-state index contributed by atoms with van der Waals surface area (Å²) < 4.78 is 15.9. The standard InChI is InChI=1S/C40H58N9O20P/c1-19(40(64)65)43-36(60)27-5-3-13-48(27)38(62)24(11-12-30(53)54)45-37(61)28-6-4-14-49(28)39(63)32(20(2)51)47-35(59)25(15-21-7-9-22(10-8-21)69-70(66,67)68)44-29(52)17-42-34(58)26(16-31(55)56)46-33(57)23(41)18-50/h7-10,19-20,23-28,32,50-51H,3-6,11-18,41H2,1-2H3,(H,42,58)(H,43,60)(H,44,52)(H,45,61)(H,46,57)(H,47,59)(H,53,54)(H,55,56)(H,64,65)(H2,66,67,68)/t19-,20+,23-,24-,25-,26-,27-,28-,32-/m0/s1. The molecule has 15 N–H and O–H groups in total. The molecule has 8 amide bonds. The Labute approximate surface area is 398 Å². The Morgan fingerprint density at radius 1 is 0.743 bits per heavy atom. The van der Waals surface area contributed by atoms with Gasteiger partial charge in [0.15, 0.2) is 0 Å². The van der Waals surface area contributed by atoms with Crippen molar-refractivity contribution in [3.05, 3.63) is 29.8 Å². The number of amides is 8. The summed E-state index contributed by atoms with van der Waals surface area (Å²) in [6.07, 6.45) is -3.49. The van der Waals surface area contributed by atoms with Gasteiger partial charge in [-0.1, -0.05) is 12.1 Å². The third-order valence-electron chi connectivity index (χ3n) is 10.9. The summed E-state index contributed by atoms with van der Waals surface area (Å²) in [5, 5.41) is 61.5. The van der Waals surface area contributed by atoms with E-state index >= 15 is 0 Å². The van der Waals surface area contributed by atoms with Crippen LogP contribution in [0.5, 0.6) is 5.75 Å². The van der Waals surface area contributed by atoms with Crippen molar-refractivity contribution < 1.29 is 97.1 Å². The first kappa shape index (κ1) is 57.5. The highest BCUT2D eigenvalue weighted by molar-refractivity contribution is 7.46. The van der Waals surface area contributed by atoms with Crippen LogP contribution in [0, 0.1) is 0 Å². The van der Waals surface area contributed by atoms with Gasteiger partial charge in [-0.05, 0) is 63.6 Å². The number of rotatable bonds is 26. The zero-order valence-corrected chi connectivity index (χ0v) is 38.7. The molecule has 2 heterocycles. The van der Waals surface area contributed by atoms with Gasteiger partial charge >= 0.3 is 25.7 Å². The van der Waals surface area contributed by atoms with Crippen LogP contribution in [0.4, 0.5) is 0 Å². The molecule has 0 unspecified atom stereocenters. The van der Waals surface area contributed by atoms with Crippen molar-refractivity contribution in [2.75, 3.05) is 26.2 Å². The number of aliphatic carboxylic acids is 3. The number of nitrogens with one attached hydrogen (secondary N) is 6. The zero-order valence-electron chi connectivity index (χ0n) is 37.8. The van der Waals surface area contributed by atoms with Crippen molar-refractivity contribution >= 4 is 73.0 Å². The van der Waals surface area contributed by atoms with E-state index in [1.165, 1.54) is 19.1 Å². The molecule has 0 aromatic heterocycles. The molecule has 0 spiro atoms. The van der Waals surface area contributed by atoms with Gasteiger partial charge in [0, 0.05) is 25.9 Å². The lowest BCUT2D eigenvalue weighted by molar-refractivity contribution is -0.146. The quantitative estimate of drug-likeness (QED) is 0.0385. The number of aliphatic hydroxyl groups excluding tert-OH is 2. The minimum Gasteiger partial charge on any atom is -0.481 e. The molecule has 30 heteroatoms. The highest BCUT2D eigenvalue weighted by Crippen LogP contribution is 2.37. The van der Waals surface area contributed by atoms with Crippen LogP contribution in [0.2, 0.25) is 0 Å². The first-order valence-corrected chi connectivity index (χ1v) is 23.2. The monoisotopic (exact) mass is 1020 g/mol. The van der Waals surface area contributed by atoms with E-state index in [9.17, 15) is 77.7 Å². The Kier molecular flexibility index (Phi) is 21.6. The average Bonchev–Trinajstić information content (AvgIpc) is 3.99. The summed E-state index contributed by atoms with van der Waals surface area (Å²) >= 11 is 0. The van der Waals surface area contributed by atoms with Gasteiger partial charge in [0.05, 0.1) is 25.7 Å². The third kappa shape index (κ3) is 17.6. The second-order valence-corrected chi connectivity index (χ2v) is 17.5. The molecule has 0 saturated carbocycles. The number of carbonyl (C=O) groups excluding carboxylic acids is 8. The molecular weight excluding hydrogens is 957 g/mol. The fourth-order valence-corrected chi connectivity index (χ4v) is 7.74. The first-order chi connectivity index (χ1) is 32.7. The molecule has 1 aromatic rings. The molecule has 70 heavy (non-hydrogen) atoms. The van der Waals surface area contributed by atoms with E-state index in [-0.39, 0.29) is 43.7 Å². The largest absolute Gasteiger partial charge is 0.524 e. The van der Waals surface area contributed by atoms with Crippen molar-refractivity contribution in [1.82, 2.24) is 41.7 Å². The topological polar surface area (TPSA) is 460 Å². The highest BCUT2D eigenvalue weighted by atomic mass is 31.2. The highest BCUT2D eigenvalue weighted by Gasteiger charge is 2.43. The summed E-state index contributed by atoms with van der Waals surface area (Å²) in [5.41, 5.74) is 5.64. The molecule has 2 fully saturated rings. The van der Waals surface area contributed by atoms with E-state index in [2.05, 4.69) is 31.1 Å². The van der Waals surface area contributed by atoms with E-state index in [1.807, 2.05) is 5.32 Å². The molecule has 29 nitrogen and oxygen atoms in total. The molecule has 2 aliphatic rings. The van der Waals surface area contributed by atoms with E-state index in [0.29, 0.717) is 6.42 Å². The molecule has 2 saturated heterocycles. The number of hydrogen-bond donors (Lipinski definition) is 14. The van der Waals surface area contributed by atoms with Crippen LogP contribution in [-0.4, -0.2) is 191 Å². The molecular formula is C40H58N9O20P. The van der Waals surface area contributed by atoms with Crippen LogP contribution in [0.1, 0.15) is 64.4 Å². The Bertz CT molecular complexity index is 2170. The van der Waals surface area contributed by atoms with Crippen LogP contribution in [-0.2, 0) is 63.7 Å². The number of nitrogens with two attached hydrogens (primary N) is 1. The summed E-state index contributed by atoms with van der Waals surface area (Å²) in [4.78, 5) is 162. The number of phosphoric acid groups is 1. The summed E-state index contributed by atoms with van der Waals surface area (Å²) in [6.45, 7) is 0.449. The molecule has 0 radical (unpaired) electrons. The summed E-state index contributed by atoms with van der Waals surface area (Å²) in [7, 11) is -4.98. The lowest BCUT2D eigenvalue weighted by Crippen LogP contribution is -2.61. The molecule has 2 aliphatic heterocycles. The summed E-state index contributed by atoms with van der Waals surface area (Å²) in [6, 6.07) is -7.37. The van der Waals surface area contributed by atoms with Gasteiger partial charge in [0.2, 0.25) is 47.3 Å². The lowest BCUT2D eigenvalue weighted by atomic mass is 10.0. The van der Waals surface area contributed by atoms with Gasteiger partial charge in [-0.3, -0.25) is 62.5 Å². The Hall–Kier alpha value is -6.78. The van der Waals surface area contributed by atoms with Crippen molar-refractivity contribution in [3.8, 4) is 5.75 Å². The van der Waals surface area contributed by atoms with Gasteiger partial charge in [0.25, 0.3) is 0 Å². The molecule has 9 atom stereocenters. The maximum Gasteiger partial charge on any atom is 0.524 e. The average molecular weight is 1020 g/mol. The van der Waals surface area contributed by atoms with Gasteiger partial charge in [0.1, 0.15) is 54.1 Å².